The van der Waals surface area contributed by atoms with Gasteiger partial charge in [0.2, 0.25) is 0 Å². The minimum atomic E-state index is -3.11. The van der Waals surface area contributed by atoms with Crippen molar-refractivity contribution in [1.29, 1.82) is 0 Å². The van der Waals surface area contributed by atoms with Gasteiger partial charge in [-0.25, -0.2) is 10.8 Å². The van der Waals surface area contributed by atoms with Crippen molar-refractivity contribution >= 4 is 33.8 Å². The molecule has 1 unspecified atom stereocenters. The lowest BCUT2D eigenvalue weighted by atomic mass is 10.0. The first-order valence-corrected chi connectivity index (χ1v) is 13.2. The second-order valence-electron chi connectivity index (χ2n) is 8.55. The average molecular weight is 542 g/mol. The van der Waals surface area contributed by atoms with Gasteiger partial charge in [0.05, 0.1) is 17.1 Å². The summed E-state index contributed by atoms with van der Waals surface area (Å²) in [5.74, 6) is 3.90. The molecule has 1 atom stereocenters. The van der Waals surface area contributed by atoms with Gasteiger partial charge in [-0.05, 0) is 54.4 Å². The Bertz CT molecular complexity index is 1500. The van der Waals surface area contributed by atoms with Gasteiger partial charge < -0.3 is 10.3 Å². The first kappa shape index (κ1) is 26.5. The lowest BCUT2D eigenvalue weighted by Crippen LogP contribution is -2.31. The fourth-order valence-corrected chi connectivity index (χ4v) is 4.64. The Labute approximate surface area is 221 Å². The van der Waals surface area contributed by atoms with Crippen molar-refractivity contribution < 1.29 is 13.0 Å². The maximum Gasteiger partial charge on any atom is 0.288 e. The van der Waals surface area contributed by atoms with E-state index in [1.165, 1.54) is 17.4 Å². The quantitative estimate of drug-likeness (QED) is 0.222. The lowest BCUT2D eigenvalue weighted by molar-refractivity contribution is 0.0130. The van der Waals surface area contributed by atoms with Gasteiger partial charge in [0.25, 0.3) is 5.92 Å². The van der Waals surface area contributed by atoms with Gasteiger partial charge in [0.1, 0.15) is 11.5 Å². The molecule has 0 saturated carbocycles. The number of alkyl halides is 2. The normalized spacial score (nSPS) is 13.0. The van der Waals surface area contributed by atoms with Gasteiger partial charge in [-0.15, -0.1) is 0 Å². The molecule has 37 heavy (non-hydrogen) atoms. The molecule has 0 bridgehead atoms. The summed E-state index contributed by atoms with van der Waals surface area (Å²) in [5, 5.41) is 1.95. The third-order valence-corrected chi connectivity index (χ3v) is 7.05. The third-order valence-electron chi connectivity index (χ3n) is 5.88. The highest BCUT2D eigenvalue weighted by atomic mass is 35.5. The number of hydrazine groups is 1. The molecule has 0 radical (unpaired) electrons. The molecular weight excluding hydrogens is 516 g/mol. The molecule has 3 aromatic carbocycles. The van der Waals surface area contributed by atoms with Gasteiger partial charge >= 0.3 is 0 Å². The molecular formula is C27H26ClF2N5OS. The van der Waals surface area contributed by atoms with Gasteiger partial charge in [0, 0.05) is 51.9 Å². The predicted molar refractivity (Wildman–Crippen MR) is 146 cm³/mol. The molecule has 4 aromatic rings. The molecule has 0 aliphatic heterocycles. The number of hydrogen-bond acceptors (Lipinski definition) is 5. The zero-order valence-corrected chi connectivity index (χ0v) is 22.0. The molecule has 192 valence electrons. The third kappa shape index (κ3) is 5.58. The summed E-state index contributed by atoms with van der Waals surface area (Å²) in [5.41, 5.74) is 9.43. The molecule has 0 spiro atoms. The smallest absolute Gasteiger partial charge is 0.288 e. The summed E-state index contributed by atoms with van der Waals surface area (Å²) in [6.45, 7) is 2.45. The summed E-state index contributed by atoms with van der Waals surface area (Å²) in [4.78, 5) is 4.75. The Morgan fingerprint density at radius 2 is 1.78 bits per heavy atom. The number of benzene rings is 3. The average Bonchev–Trinajstić information content (AvgIpc) is 3.27. The lowest BCUT2D eigenvalue weighted by Gasteiger charge is -2.26. The number of nitrogens with two attached hydrogens (primary N) is 2. The molecule has 1 aromatic heterocycles. The number of aromatic nitrogens is 2. The minimum absolute atomic E-state index is 0.353. The SMILES string of the molecule is Cc1nc(C(C)(F)F)cn1-c1ccc(-c2cccc(S(C)=O)c2)cc1N(N)/C(=C\N)c1ccc(Cl)cc1. The Morgan fingerprint density at radius 3 is 2.38 bits per heavy atom. The van der Waals surface area contributed by atoms with Crippen LogP contribution in [-0.4, -0.2) is 20.0 Å². The highest BCUT2D eigenvalue weighted by Crippen LogP contribution is 2.36. The van der Waals surface area contributed by atoms with E-state index in [-0.39, 0.29) is 5.69 Å². The second-order valence-corrected chi connectivity index (χ2v) is 10.4. The van der Waals surface area contributed by atoms with Gasteiger partial charge in [-0.3, -0.25) is 9.22 Å². The van der Waals surface area contributed by atoms with Gasteiger partial charge in [-0.2, -0.15) is 8.78 Å². The van der Waals surface area contributed by atoms with Crippen LogP contribution >= 0.6 is 11.6 Å². The maximum atomic E-state index is 14.1. The zero-order valence-electron chi connectivity index (χ0n) is 20.5. The van der Waals surface area contributed by atoms with Crippen molar-refractivity contribution in [2.75, 3.05) is 11.3 Å². The standard InChI is InChI=1S/C27H26ClF2N5OS/c1-17-33-26(27(2,29)30)16-34(17)23-12-9-20(19-5-4-6-22(13-19)37(3)36)14-24(23)35(32)25(15-31)18-7-10-21(28)11-8-18/h4-16H,31-32H2,1-3H3/b25-15-. The summed E-state index contributed by atoms with van der Waals surface area (Å²) >= 11 is 6.05. The van der Waals surface area contributed by atoms with Crippen molar-refractivity contribution in [3.63, 3.8) is 0 Å². The monoisotopic (exact) mass is 541 g/mol. The largest absolute Gasteiger partial charge is 0.403 e. The van der Waals surface area contributed by atoms with E-state index in [4.69, 9.17) is 23.2 Å². The number of imidazole rings is 1. The first-order chi connectivity index (χ1) is 17.5. The molecule has 4 N–H and O–H groups in total. The summed E-state index contributed by atoms with van der Waals surface area (Å²) < 4.78 is 41.8. The molecule has 0 aliphatic rings. The number of hydrogen-bond donors (Lipinski definition) is 2. The number of nitrogens with zero attached hydrogens (tertiary/aromatic N) is 3. The van der Waals surface area contributed by atoms with E-state index in [1.807, 2.05) is 30.3 Å². The van der Waals surface area contributed by atoms with E-state index in [0.717, 1.165) is 18.1 Å². The van der Waals surface area contributed by atoms with Gasteiger partial charge in [0.15, 0.2) is 0 Å². The zero-order chi connectivity index (χ0) is 26.9. The van der Waals surface area contributed by atoms with E-state index >= 15 is 0 Å². The highest BCUT2D eigenvalue weighted by molar-refractivity contribution is 7.84. The Balaban J connectivity index is 1.91. The highest BCUT2D eigenvalue weighted by Gasteiger charge is 2.29. The van der Waals surface area contributed by atoms with Gasteiger partial charge in [-0.1, -0.05) is 41.9 Å². The Hall–Kier alpha value is -3.53. The maximum absolute atomic E-state index is 14.1. The van der Waals surface area contributed by atoms with Crippen molar-refractivity contribution in [3.05, 3.63) is 101 Å². The fraction of sp³-hybridized carbons (Fsp3) is 0.148. The molecule has 10 heteroatoms. The molecule has 0 aliphatic carbocycles. The number of rotatable bonds is 7. The van der Waals surface area contributed by atoms with Crippen LogP contribution in [0, 0.1) is 6.92 Å². The van der Waals surface area contributed by atoms with Crippen LogP contribution < -0.4 is 16.6 Å². The van der Waals surface area contributed by atoms with Crippen LogP contribution in [0.4, 0.5) is 14.5 Å². The van der Waals surface area contributed by atoms with Crippen molar-refractivity contribution in [3.8, 4) is 16.8 Å². The molecule has 0 amide bonds. The van der Waals surface area contributed by atoms with Crippen LogP contribution in [0.5, 0.6) is 0 Å². The second kappa shape index (κ2) is 10.5. The molecule has 4 rings (SSSR count). The topological polar surface area (TPSA) is 90.2 Å². The summed E-state index contributed by atoms with van der Waals surface area (Å²) in [7, 11) is -1.16. The fourth-order valence-electron chi connectivity index (χ4n) is 3.95. The van der Waals surface area contributed by atoms with E-state index in [1.54, 1.807) is 54.1 Å². The number of anilines is 1. The summed E-state index contributed by atoms with van der Waals surface area (Å²) in [6, 6.07) is 19.8. The van der Waals surface area contributed by atoms with Crippen LogP contribution in [0.1, 0.15) is 24.0 Å². The predicted octanol–water partition coefficient (Wildman–Crippen LogP) is 5.99. The molecule has 0 fully saturated rings. The number of halogens is 3. The van der Waals surface area contributed by atoms with Crippen molar-refractivity contribution in [2.45, 2.75) is 24.7 Å². The first-order valence-electron chi connectivity index (χ1n) is 11.2. The molecule has 1 heterocycles. The number of aryl methyl sites for hydroxylation is 1. The Morgan fingerprint density at radius 1 is 1.11 bits per heavy atom. The van der Waals surface area contributed by atoms with Crippen LogP contribution in [0.15, 0.2) is 84.0 Å². The van der Waals surface area contributed by atoms with Crippen LogP contribution in [0.3, 0.4) is 0 Å². The molecule has 6 nitrogen and oxygen atoms in total. The minimum Gasteiger partial charge on any atom is -0.403 e. The van der Waals surface area contributed by atoms with Crippen molar-refractivity contribution in [2.24, 2.45) is 11.6 Å². The molecule has 0 saturated heterocycles. The summed E-state index contributed by atoms with van der Waals surface area (Å²) in [6.07, 6.45) is 4.28. The Kier molecular flexibility index (Phi) is 7.49. The van der Waals surface area contributed by atoms with E-state index < -0.39 is 16.7 Å². The van der Waals surface area contributed by atoms with Crippen LogP contribution in [0.2, 0.25) is 5.02 Å². The van der Waals surface area contributed by atoms with E-state index in [2.05, 4.69) is 4.98 Å². The van der Waals surface area contributed by atoms with Crippen LogP contribution in [-0.2, 0) is 16.7 Å². The van der Waals surface area contributed by atoms with E-state index in [9.17, 15) is 13.0 Å². The van der Waals surface area contributed by atoms with E-state index in [0.29, 0.717) is 38.4 Å². The van der Waals surface area contributed by atoms with Crippen LogP contribution in [0.25, 0.3) is 22.5 Å². The van der Waals surface area contributed by atoms with Crippen molar-refractivity contribution in [1.82, 2.24) is 9.55 Å².